The van der Waals surface area contributed by atoms with Crippen LogP contribution in [0.4, 0.5) is 5.69 Å². The molecule has 4 N–H and O–H groups in total. The van der Waals surface area contributed by atoms with Crippen LogP contribution in [0.3, 0.4) is 0 Å². The fourth-order valence-electron chi connectivity index (χ4n) is 2.93. The minimum absolute atomic E-state index is 0.230. The first-order valence-corrected chi connectivity index (χ1v) is 7.65. The van der Waals surface area contributed by atoms with E-state index in [1.807, 2.05) is 24.3 Å². The molecule has 0 aliphatic heterocycles. The molecule has 0 aliphatic rings. The van der Waals surface area contributed by atoms with Crippen molar-refractivity contribution in [3.8, 4) is 22.9 Å². The number of ether oxygens (including phenoxy) is 2. The van der Waals surface area contributed by atoms with Gasteiger partial charge in [-0.3, -0.25) is 4.79 Å². The Morgan fingerprint density at radius 1 is 1.00 bits per heavy atom. The van der Waals surface area contributed by atoms with Gasteiger partial charge in [-0.1, -0.05) is 18.2 Å². The number of para-hydroxylation sites is 1. The second kappa shape index (κ2) is 5.55. The van der Waals surface area contributed by atoms with Gasteiger partial charge in [-0.15, -0.1) is 0 Å². The number of nitrogens with one attached hydrogen (secondary N) is 2. The Labute approximate surface area is 142 Å². The molecule has 7 heteroatoms. The summed E-state index contributed by atoms with van der Waals surface area (Å²) in [5, 5.41) is 0.853. The van der Waals surface area contributed by atoms with Crippen LogP contribution in [0.15, 0.2) is 41.2 Å². The zero-order chi connectivity index (χ0) is 17.6. The lowest BCUT2D eigenvalue weighted by molar-refractivity contribution is 0.355. The van der Waals surface area contributed by atoms with E-state index in [9.17, 15) is 4.79 Å². The third-order valence-corrected chi connectivity index (χ3v) is 4.18. The molecule has 4 rings (SSSR count). The Hall–Kier alpha value is -3.48. The molecule has 2 aromatic heterocycles. The minimum atomic E-state index is -0.335. The highest BCUT2D eigenvalue weighted by Crippen LogP contribution is 2.33. The van der Waals surface area contributed by atoms with E-state index in [1.54, 1.807) is 19.2 Å². The summed E-state index contributed by atoms with van der Waals surface area (Å²) in [6.45, 7) is 0. The average Bonchev–Trinajstić information content (AvgIpc) is 2.97. The Kier molecular flexibility index (Phi) is 3.35. The second-order valence-corrected chi connectivity index (χ2v) is 5.60. The number of fused-ring (bicyclic) bond motifs is 2. The van der Waals surface area contributed by atoms with Crippen LogP contribution in [0.1, 0.15) is 0 Å². The van der Waals surface area contributed by atoms with Crippen molar-refractivity contribution in [3.63, 3.8) is 0 Å². The van der Waals surface area contributed by atoms with Gasteiger partial charge in [-0.2, -0.15) is 0 Å². The molecule has 0 saturated heterocycles. The van der Waals surface area contributed by atoms with Crippen molar-refractivity contribution in [2.45, 2.75) is 0 Å². The van der Waals surface area contributed by atoms with Crippen molar-refractivity contribution in [1.82, 2.24) is 15.0 Å². The minimum Gasteiger partial charge on any atom is -0.493 e. The summed E-state index contributed by atoms with van der Waals surface area (Å²) < 4.78 is 10.6. The highest BCUT2D eigenvalue weighted by molar-refractivity contribution is 5.99. The van der Waals surface area contributed by atoms with Gasteiger partial charge >= 0.3 is 0 Å². The molecule has 0 spiro atoms. The van der Waals surface area contributed by atoms with Gasteiger partial charge in [-0.05, 0) is 6.07 Å². The van der Waals surface area contributed by atoms with Gasteiger partial charge in [0.05, 0.1) is 36.6 Å². The molecule has 7 nitrogen and oxygen atoms in total. The van der Waals surface area contributed by atoms with Crippen LogP contribution in [0.25, 0.3) is 33.3 Å². The number of nitrogen functional groups attached to an aromatic ring is 1. The monoisotopic (exact) mass is 336 g/mol. The standard InChI is InChI=1S/C18H16N4O3/c1-24-13-7-11-12(8-14(13)25-2)22-18(23)17(21-11)16-15(19)9-5-3-4-6-10(9)20-16/h3-8,20H,19H2,1-2H3,(H,22,23). The topological polar surface area (TPSA) is 106 Å². The number of aromatic amines is 2. The lowest BCUT2D eigenvalue weighted by Crippen LogP contribution is -2.12. The summed E-state index contributed by atoms with van der Waals surface area (Å²) in [5.74, 6) is 1.05. The van der Waals surface area contributed by atoms with Crippen LogP contribution < -0.4 is 20.8 Å². The maximum absolute atomic E-state index is 12.6. The zero-order valence-electron chi connectivity index (χ0n) is 13.7. The number of rotatable bonds is 3. The van der Waals surface area contributed by atoms with E-state index in [1.165, 1.54) is 7.11 Å². The number of nitrogens with zero attached hydrogens (tertiary/aromatic N) is 1. The molecule has 126 valence electrons. The van der Waals surface area contributed by atoms with E-state index >= 15 is 0 Å². The van der Waals surface area contributed by atoms with Crippen LogP contribution in [-0.2, 0) is 0 Å². The van der Waals surface area contributed by atoms with E-state index in [-0.39, 0.29) is 11.3 Å². The van der Waals surface area contributed by atoms with Crippen LogP contribution in [0.5, 0.6) is 11.5 Å². The van der Waals surface area contributed by atoms with Crippen LogP contribution in [0.2, 0.25) is 0 Å². The van der Waals surface area contributed by atoms with Crippen LogP contribution in [-0.4, -0.2) is 29.2 Å². The number of anilines is 1. The number of nitrogens with two attached hydrogens (primary N) is 1. The van der Waals surface area contributed by atoms with Crippen molar-refractivity contribution in [2.75, 3.05) is 20.0 Å². The summed E-state index contributed by atoms with van der Waals surface area (Å²) in [7, 11) is 3.08. The van der Waals surface area contributed by atoms with E-state index in [2.05, 4.69) is 15.0 Å². The largest absolute Gasteiger partial charge is 0.493 e. The van der Waals surface area contributed by atoms with Crippen LogP contribution in [0, 0.1) is 0 Å². The molecule has 0 radical (unpaired) electrons. The number of benzene rings is 2. The maximum atomic E-state index is 12.6. The summed E-state index contributed by atoms with van der Waals surface area (Å²) in [6, 6.07) is 11.0. The van der Waals surface area contributed by atoms with Gasteiger partial charge in [0.2, 0.25) is 0 Å². The molecule has 0 unspecified atom stereocenters. The number of aromatic nitrogens is 3. The van der Waals surface area contributed by atoms with Crippen molar-refractivity contribution in [2.24, 2.45) is 0 Å². The lowest BCUT2D eigenvalue weighted by atomic mass is 10.2. The predicted molar refractivity (Wildman–Crippen MR) is 97.2 cm³/mol. The third-order valence-electron chi connectivity index (χ3n) is 4.18. The number of hydrogen-bond acceptors (Lipinski definition) is 5. The van der Waals surface area contributed by atoms with Crippen molar-refractivity contribution < 1.29 is 9.47 Å². The molecule has 2 heterocycles. The lowest BCUT2D eigenvalue weighted by Gasteiger charge is -2.09. The van der Waals surface area contributed by atoms with E-state index in [4.69, 9.17) is 15.2 Å². The summed E-state index contributed by atoms with van der Waals surface area (Å²) in [6.07, 6.45) is 0. The SMILES string of the molecule is COc1cc2nc(-c3[nH]c4ccccc4c3N)c(=O)[nH]c2cc1OC. The number of methoxy groups -OCH3 is 2. The average molecular weight is 336 g/mol. The molecule has 0 aliphatic carbocycles. The quantitative estimate of drug-likeness (QED) is 0.533. The molecule has 4 aromatic rings. The highest BCUT2D eigenvalue weighted by Gasteiger charge is 2.16. The highest BCUT2D eigenvalue weighted by atomic mass is 16.5. The van der Waals surface area contributed by atoms with E-state index < -0.39 is 0 Å². The van der Waals surface area contributed by atoms with E-state index in [0.717, 1.165) is 10.9 Å². The van der Waals surface area contributed by atoms with Crippen molar-refractivity contribution in [1.29, 1.82) is 0 Å². The fraction of sp³-hybridized carbons (Fsp3) is 0.111. The predicted octanol–water partition coefficient (Wildman–Crippen LogP) is 2.67. The molecule has 2 aromatic carbocycles. The second-order valence-electron chi connectivity index (χ2n) is 5.60. The molecule has 0 bridgehead atoms. The Bertz CT molecular complexity index is 1160. The molecule has 25 heavy (non-hydrogen) atoms. The van der Waals surface area contributed by atoms with Gasteiger partial charge in [0, 0.05) is 23.0 Å². The summed E-state index contributed by atoms with van der Waals surface area (Å²) in [5.41, 5.74) is 9.09. The third kappa shape index (κ3) is 2.28. The van der Waals surface area contributed by atoms with Crippen molar-refractivity contribution in [3.05, 3.63) is 46.8 Å². The normalized spacial score (nSPS) is 11.1. The van der Waals surface area contributed by atoms with Gasteiger partial charge in [0.1, 0.15) is 0 Å². The molecular formula is C18H16N4O3. The Morgan fingerprint density at radius 2 is 1.72 bits per heavy atom. The van der Waals surface area contributed by atoms with Gasteiger partial charge in [0.15, 0.2) is 17.2 Å². The summed E-state index contributed by atoms with van der Waals surface area (Å²) in [4.78, 5) is 23.0. The van der Waals surface area contributed by atoms with Crippen molar-refractivity contribution >= 4 is 27.6 Å². The van der Waals surface area contributed by atoms with E-state index in [0.29, 0.717) is 33.9 Å². The molecule has 0 saturated carbocycles. The fourth-order valence-corrected chi connectivity index (χ4v) is 2.93. The molecule has 0 fully saturated rings. The van der Waals surface area contributed by atoms with Crippen LogP contribution >= 0.6 is 0 Å². The smallest absolute Gasteiger partial charge is 0.276 e. The number of H-pyrrole nitrogens is 2. The maximum Gasteiger partial charge on any atom is 0.276 e. The first-order chi connectivity index (χ1) is 12.1. The molecule has 0 atom stereocenters. The first kappa shape index (κ1) is 15.1. The summed E-state index contributed by atoms with van der Waals surface area (Å²) >= 11 is 0. The van der Waals surface area contributed by atoms with Gasteiger partial charge < -0.3 is 25.2 Å². The first-order valence-electron chi connectivity index (χ1n) is 7.65. The number of hydrogen-bond donors (Lipinski definition) is 3. The zero-order valence-corrected chi connectivity index (χ0v) is 13.7. The Balaban J connectivity index is 1.99. The Morgan fingerprint density at radius 3 is 2.44 bits per heavy atom. The molecule has 0 amide bonds. The molecular weight excluding hydrogens is 320 g/mol. The van der Waals surface area contributed by atoms with Gasteiger partial charge in [0.25, 0.3) is 5.56 Å². The van der Waals surface area contributed by atoms with Gasteiger partial charge in [-0.25, -0.2) is 4.98 Å².